The Morgan fingerprint density at radius 2 is 1.52 bits per heavy atom. The molecular formula is C24H24N4O3. The summed E-state index contributed by atoms with van der Waals surface area (Å²) in [7, 11) is 0. The summed E-state index contributed by atoms with van der Waals surface area (Å²) < 4.78 is 0. The Labute approximate surface area is 180 Å². The van der Waals surface area contributed by atoms with Gasteiger partial charge in [-0.2, -0.15) is 0 Å². The summed E-state index contributed by atoms with van der Waals surface area (Å²) in [6.07, 6.45) is 0.895. The highest BCUT2D eigenvalue weighted by Gasteiger charge is 2.30. The third-order valence-corrected chi connectivity index (χ3v) is 5.23. The fourth-order valence-electron chi connectivity index (χ4n) is 3.71. The van der Waals surface area contributed by atoms with E-state index in [4.69, 9.17) is 0 Å². The van der Waals surface area contributed by atoms with Crippen LogP contribution >= 0.6 is 0 Å². The molecule has 0 radical (unpaired) electrons. The zero-order chi connectivity index (χ0) is 21.6. The van der Waals surface area contributed by atoms with Crippen LogP contribution in [-0.2, 0) is 16.0 Å². The average molecular weight is 416 g/mol. The van der Waals surface area contributed by atoms with E-state index in [1.165, 1.54) is 10.0 Å². The summed E-state index contributed by atoms with van der Waals surface area (Å²) in [5, 5.41) is 10.3. The van der Waals surface area contributed by atoms with Gasteiger partial charge in [0.1, 0.15) is 0 Å². The van der Waals surface area contributed by atoms with Crippen molar-refractivity contribution in [1.29, 1.82) is 0 Å². The highest BCUT2D eigenvalue weighted by molar-refractivity contribution is 6.02. The normalized spacial score (nSPS) is 13.3. The van der Waals surface area contributed by atoms with Crippen molar-refractivity contribution in [1.82, 2.24) is 15.3 Å². The Balaban J connectivity index is 1.36. The smallest absolute Gasteiger partial charge is 0.340 e. The van der Waals surface area contributed by atoms with Gasteiger partial charge < -0.3 is 10.6 Å². The van der Waals surface area contributed by atoms with Crippen molar-refractivity contribution in [2.75, 3.05) is 25.0 Å². The third-order valence-electron chi connectivity index (χ3n) is 5.23. The van der Waals surface area contributed by atoms with Gasteiger partial charge in [0.05, 0.1) is 18.7 Å². The van der Waals surface area contributed by atoms with E-state index >= 15 is 0 Å². The van der Waals surface area contributed by atoms with Gasteiger partial charge in [-0.05, 0) is 23.4 Å². The van der Waals surface area contributed by atoms with Crippen molar-refractivity contribution in [3.63, 3.8) is 0 Å². The molecule has 1 fully saturated rings. The predicted molar refractivity (Wildman–Crippen MR) is 119 cm³/mol. The van der Waals surface area contributed by atoms with E-state index < -0.39 is 0 Å². The van der Waals surface area contributed by atoms with Crippen LogP contribution < -0.4 is 10.6 Å². The molecule has 4 amide bonds. The van der Waals surface area contributed by atoms with Crippen molar-refractivity contribution in [3.8, 4) is 0 Å². The fraction of sp³-hybridized carbons (Fsp3) is 0.208. The molecule has 31 heavy (non-hydrogen) atoms. The molecule has 3 aromatic carbocycles. The van der Waals surface area contributed by atoms with Gasteiger partial charge >= 0.3 is 6.03 Å². The maximum absolute atomic E-state index is 12.9. The summed E-state index contributed by atoms with van der Waals surface area (Å²) in [6.45, 7) is 0.736. The first-order chi connectivity index (χ1) is 15.1. The summed E-state index contributed by atoms with van der Waals surface area (Å²) >= 11 is 0. The molecular weight excluding hydrogens is 392 g/mol. The maximum atomic E-state index is 12.9. The van der Waals surface area contributed by atoms with Gasteiger partial charge in [0.25, 0.3) is 5.91 Å². The predicted octanol–water partition coefficient (Wildman–Crippen LogP) is 3.18. The topological polar surface area (TPSA) is 81.8 Å². The molecule has 1 aliphatic heterocycles. The molecule has 0 bridgehead atoms. The Bertz CT molecular complexity index is 1090. The van der Waals surface area contributed by atoms with Crippen LogP contribution in [0.25, 0.3) is 10.8 Å². The van der Waals surface area contributed by atoms with Crippen LogP contribution in [0.15, 0.2) is 72.8 Å². The number of carbonyl (C=O) groups is 3. The lowest BCUT2D eigenvalue weighted by molar-refractivity contribution is -0.140. The van der Waals surface area contributed by atoms with Crippen LogP contribution in [0.1, 0.15) is 12.0 Å². The van der Waals surface area contributed by atoms with Gasteiger partial charge in [0.2, 0.25) is 5.91 Å². The molecule has 1 aliphatic rings. The van der Waals surface area contributed by atoms with E-state index in [1.54, 1.807) is 0 Å². The van der Waals surface area contributed by atoms with Gasteiger partial charge in [-0.3, -0.25) is 9.59 Å². The van der Waals surface area contributed by atoms with Crippen LogP contribution in [0.4, 0.5) is 10.5 Å². The van der Waals surface area contributed by atoms with E-state index in [1.807, 2.05) is 72.8 Å². The Morgan fingerprint density at radius 3 is 2.35 bits per heavy atom. The van der Waals surface area contributed by atoms with E-state index in [-0.39, 0.29) is 30.8 Å². The fourth-order valence-corrected chi connectivity index (χ4v) is 3.71. The Morgan fingerprint density at radius 1 is 0.806 bits per heavy atom. The number of nitrogens with zero attached hydrogens (tertiary/aromatic N) is 2. The number of hydrazine groups is 1. The van der Waals surface area contributed by atoms with Gasteiger partial charge in [-0.15, -0.1) is 0 Å². The number of amides is 4. The minimum absolute atomic E-state index is 0.149. The second kappa shape index (κ2) is 9.30. The van der Waals surface area contributed by atoms with Crippen molar-refractivity contribution in [2.24, 2.45) is 0 Å². The lowest BCUT2D eigenvalue weighted by atomic mass is 10.1. The van der Waals surface area contributed by atoms with Crippen LogP contribution in [0.5, 0.6) is 0 Å². The average Bonchev–Trinajstić information content (AvgIpc) is 3.29. The SMILES string of the molecule is O=C(Cc1ccccc1)NCC(=O)N1CCCN1C(=O)Nc1cccc2ccccc12. The highest BCUT2D eigenvalue weighted by atomic mass is 16.2. The number of rotatable bonds is 5. The zero-order valence-corrected chi connectivity index (χ0v) is 17.1. The summed E-state index contributed by atoms with van der Waals surface area (Å²) in [5.74, 6) is -0.544. The number of benzene rings is 3. The number of anilines is 1. The third kappa shape index (κ3) is 4.83. The lowest BCUT2D eigenvalue weighted by Crippen LogP contribution is -2.50. The minimum atomic E-state index is -0.363. The molecule has 1 saturated heterocycles. The molecule has 0 atom stereocenters. The molecule has 0 unspecified atom stereocenters. The number of carbonyl (C=O) groups excluding carboxylic acids is 3. The summed E-state index contributed by atoms with van der Waals surface area (Å²) in [4.78, 5) is 37.7. The summed E-state index contributed by atoms with van der Waals surface area (Å²) in [5.41, 5.74) is 1.57. The molecule has 1 heterocycles. The number of fused-ring (bicyclic) bond motifs is 1. The number of hydrogen-bond acceptors (Lipinski definition) is 3. The molecule has 4 rings (SSSR count). The largest absolute Gasteiger partial charge is 0.347 e. The first-order valence-corrected chi connectivity index (χ1v) is 10.3. The molecule has 0 aliphatic carbocycles. The number of urea groups is 1. The first kappa shape index (κ1) is 20.4. The molecule has 2 N–H and O–H groups in total. The van der Waals surface area contributed by atoms with E-state index in [0.29, 0.717) is 25.2 Å². The second-order valence-corrected chi connectivity index (χ2v) is 7.39. The van der Waals surface area contributed by atoms with Crippen LogP contribution in [0.3, 0.4) is 0 Å². The van der Waals surface area contributed by atoms with Gasteiger partial charge in [0, 0.05) is 18.5 Å². The quantitative estimate of drug-likeness (QED) is 0.670. The van der Waals surface area contributed by atoms with Gasteiger partial charge in [-0.1, -0.05) is 66.7 Å². The highest BCUT2D eigenvalue weighted by Crippen LogP contribution is 2.24. The van der Waals surface area contributed by atoms with Crippen molar-refractivity contribution < 1.29 is 14.4 Å². The van der Waals surface area contributed by atoms with Gasteiger partial charge in [-0.25, -0.2) is 14.8 Å². The van der Waals surface area contributed by atoms with Crippen LogP contribution in [0, 0.1) is 0 Å². The van der Waals surface area contributed by atoms with E-state index in [9.17, 15) is 14.4 Å². The second-order valence-electron chi connectivity index (χ2n) is 7.39. The monoisotopic (exact) mass is 416 g/mol. The van der Waals surface area contributed by atoms with Crippen LogP contribution in [-0.4, -0.2) is 47.5 Å². The van der Waals surface area contributed by atoms with Crippen molar-refractivity contribution >= 4 is 34.3 Å². The molecule has 3 aromatic rings. The molecule has 0 saturated carbocycles. The Hall–Kier alpha value is -3.87. The Kier molecular flexibility index (Phi) is 6.12. The van der Waals surface area contributed by atoms with Crippen molar-refractivity contribution in [2.45, 2.75) is 12.8 Å². The lowest BCUT2D eigenvalue weighted by Gasteiger charge is -2.28. The molecule has 158 valence electrons. The zero-order valence-electron chi connectivity index (χ0n) is 17.1. The van der Waals surface area contributed by atoms with E-state index in [0.717, 1.165) is 16.3 Å². The molecule has 7 heteroatoms. The first-order valence-electron chi connectivity index (χ1n) is 10.3. The molecule has 0 spiro atoms. The molecule has 7 nitrogen and oxygen atoms in total. The number of hydrogen-bond donors (Lipinski definition) is 2. The molecule has 0 aromatic heterocycles. The van der Waals surface area contributed by atoms with Gasteiger partial charge in [0.15, 0.2) is 0 Å². The standard InChI is InChI=1S/C24H24N4O3/c29-22(16-18-8-2-1-3-9-18)25-17-23(30)27-14-7-15-28(27)24(31)26-21-13-6-11-19-10-4-5-12-20(19)21/h1-6,8-13H,7,14-17H2,(H,25,29)(H,26,31). The summed E-state index contributed by atoms with van der Waals surface area (Å²) in [6, 6.07) is 22.5. The van der Waals surface area contributed by atoms with E-state index in [2.05, 4.69) is 10.6 Å². The minimum Gasteiger partial charge on any atom is -0.347 e. The van der Waals surface area contributed by atoms with Crippen LogP contribution in [0.2, 0.25) is 0 Å². The maximum Gasteiger partial charge on any atom is 0.340 e. The van der Waals surface area contributed by atoms with Crippen molar-refractivity contribution in [3.05, 3.63) is 78.4 Å². The number of nitrogens with one attached hydrogen (secondary N) is 2.